The summed E-state index contributed by atoms with van der Waals surface area (Å²) < 4.78 is 0. The molecule has 1 aliphatic carbocycles. The number of halogens is 1. The lowest BCUT2D eigenvalue weighted by molar-refractivity contribution is 0.0966. The van der Waals surface area contributed by atoms with Crippen LogP contribution in [0.1, 0.15) is 29.0 Å². The number of hydrogen-bond donors (Lipinski definition) is 0. The Morgan fingerprint density at radius 2 is 2.25 bits per heavy atom. The highest BCUT2D eigenvalue weighted by Crippen LogP contribution is 2.18. The maximum absolute atomic E-state index is 11.3. The number of aryl methyl sites for hydroxylation is 1. The third-order valence-corrected chi connectivity index (χ3v) is 2.08. The Morgan fingerprint density at radius 3 is 3.08 bits per heavy atom. The van der Waals surface area contributed by atoms with Gasteiger partial charge in [-0.3, -0.25) is 4.79 Å². The van der Waals surface area contributed by atoms with Crippen molar-refractivity contribution in [2.45, 2.75) is 19.3 Å². The summed E-state index contributed by atoms with van der Waals surface area (Å²) in [4.78, 5) is 19.3. The van der Waals surface area contributed by atoms with Crippen LogP contribution in [0.15, 0.2) is 6.20 Å². The van der Waals surface area contributed by atoms with Crippen LogP contribution in [0, 0.1) is 0 Å². The van der Waals surface area contributed by atoms with Crippen molar-refractivity contribution in [3.63, 3.8) is 0 Å². The van der Waals surface area contributed by atoms with Crippen molar-refractivity contribution in [3.8, 4) is 0 Å². The summed E-state index contributed by atoms with van der Waals surface area (Å²) in [6.45, 7) is 0. The Bertz CT molecular complexity index is 338. The maximum Gasteiger partial charge on any atom is 0.183 e. The van der Waals surface area contributed by atoms with Gasteiger partial charge in [0, 0.05) is 6.42 Å². The third kappa shape index (κ3) is 1.20. The summed E-state index contributed by atoms with van der Waals surface area (Å²) in [5, 5.41) is 0.364. The molecule has 0 unspecified atom stereocenters. The van der Waals surface area contributed by atoms with Crippen molar-refractivity contribution in [1.29, 1.82) is 0 Å². The van der Waals surface area contributed by atoms with Gasteiger partial charge in [-0.2, -0.15) is 0 Å². The highest BCUT2D eigenvalue weighted by molar-refractivity contribution is 6.29. The molecule has 62 valence electrons. The predicted octanol–water partition coefficient (Wildman–Crippen LogP) is 1.65. The fourth-order valence-corrected chi connectivity index (χ4v) is 1.50. The molecule has 4 heteroatoms. The molecule has 0 aromatic carbocycles. The molecule has 0 radical (unpaired) electrons. The number of carbonyl (C=O) groups excluding carboxylic acids is 1. The lowest BCUT2D eigenvalue weighted by atomic mass is 9.99. The average molecular weight is 183 g/mol. The molecule has 0 saturated heterocycles. The van der Waals surface area contributed by atoms with Crippen molar-refractivity contribution < 1.29 is 4.79 Å². The van der Waals surface area contributed by atoms with E-state index in [-0.39, 0.29) is 5.78 Å². The van der Waals surface area contributed by atoms with Crippen LogP contribution in [-0.4, -0.2) is 15.8 Å². The van der Waals surface area contributed by atoms with E-state index in [0.29, 0.717) is 17.3 Å². The molecule has 12 heavy (non-hydrogen) atoms. The normalized spacial score (nSPS) is 15.9. The first-order valence-corrected chi connectivity index (χ1v) is 4.20. The first-order chi connectivity index (χ1) is 5.77. The van der Waals surface area contributed by atoms with Crippen molar-refractivity contribution >= 4 is 17.4 Å². The summed E-state index contributed by atoms with van der Waals surface area (Å²) in [6, 6.07) is 0. The quantitative estimate of drug-likeness (QED) is 0.613. The van der Waals surface area contributed by atoms with E-state index < -0.39 is 0 Å². The minimum atomic E-state index is 0.0837. The molecule has 0 saturated carbocycles. The van der Waals surface area contributed by atoms with E-state index in [1.165, 1.54) is 6.20 Å². The molecule has 2 rings (SSSR count). The van der Waals surface area contributed by atoms with E-state index in [1.807, 2.05) is 0 Å². The molecule has 1 aliphatic rings. The van der Waals surface area contributed by atoms with E-state index in [4.69, 9.17) is 11.6 Å². The molecular weight excluding hydrogens is 176 g/mol. The standard InChI is InChI=1S/C8H7ClN2O/c9-7-4-10-8-5(11-7)2-1-3-6(8)12/h4H,1-3H2. The summed E-state index contributed by atoms with van der Waals surface area (Å²) in [5.74, 6) is 0.0837. The molecule has 1 heterocycles. The molecule has 0 atom stereocenters. The van der Waals surface area contributed by atoms with Crippen LogP contribution in [0.2, 0.25) is 5.15 Å². The van der Waals surface area contributed by atoms with Gasteiger partial charge in [-0.15, -0.1) is 0 Å². The second-order valence-corrected chi connectivity index (χ2v) is 3.15. The van der Waals surface area contributed by atoms with Crippen molar-refractivity contribution in [3.05, 3.63) is 22.7 Å². The third-order valence-electron chi connectivity index (χ3n) is 1.90. The summed E-state index contributed by atoms with van der Waals surface area (Å²) in [6.07, 6.45) is 3.68. The largest absolute Gasteiger partial charge is 0.292 e. The SMILES string of the molecule is O=C1CCCc2nc(Cl)cnc21. The zero-order valence-corrected chi connectivity index (χ0v) is 7.14. The molecule has 1 aromatic heterocycles. The van der Waals surface area contributed by atoms with Gasteiger partial charge in [-0.05, 0) is 12.8 Å². The van der Waals surface area contributed by atoms with E-state index in [9.17, 15) is 4.79 Å². The van der Waals surface area contributed by atoms with Crippen molar-refractivity contribution in [2.24, 2.45) is 0 Å². The smallest absolute Gasteiger partial charge is 0.183 e. The number of ketones is 1. The highest BCUT2D eigenvalue weighted by Gasteiger charge is 2.19. The van der Waals surface area contributed by atoms with Crippen LogP contribution in [0.4, 0.5) is 0 Å². The summed E-state index contributed by atoms with van der Waals surface area (Å²) in [5.41, 5.74) is 1.25. The van der Waals surface area contributed by atoms with Crippen LogP contribution in [-0.2, 0) is 6.42 Å². The molecule has 3 nitrogen and oxygen atoms in total. The Balaban J connectivity index is 2.53. The van der Waals surface area contributed by atoms with Crippen LogP contribution >= 0.6 is 11.6 Å². The number of fused-ring (bicyclic) bond motifs is 1. The van der Waals surface area contributed by atoms with Gasteiger partial charge >= 0.3 is 0 Å². The zero-order chi connectivity index (χ0) is 8.55. The molecule has 0 N–H and O–H groups in total. The maximum atomic E-state index is 11.3. The average Bonchev–Trinajstić information content (AvgIpc) is 2.04. The molecule has 0 bridgehead atoms. The number of rotatable bonds is 0. The fourth-order valence-electron chi connectivity index (χ4n) is 1.35. The van der Waals surface area contributed by atoms with E-state index >= 15 is 0 Å². The monoisotopic (exact) mass is 182 g/mol. The van der Waals surface area contributed by atoms with Gasteiger partial charge in [0.2, 0.25) is 0 Å². The van der Waals surface area contributed by atoms with Gasteiger partial charge < -0.3 is 0 Å². The predicted molar refractivity (Wildman–Crippen MR) is 44.3 cm³/mol. The molecule has 1 aromatic rings. The van der Waals surface area contributed by atoms with Crippen molar-refractivity contribution in [2.75, 3.05) is 0 Å². The Labute approximate surface area is 74.8 Å². The Kier molecular flexibility index (Phi) is 1.81. The molecule has 0 spiro atoms. The topological polar surface area (TPSA) is 42.9 Å². The van der Waals surface area contributed by atoms with Crippen LogP contribution in [0.5, 0.6) is 0 Å². The summed E-state index contributed by atoms with van der Waals surface area (Å²) in [7, 11) is 0. The van der Waals surface area contributed by atoms with Crippen molar-refractivity contribution in [1.82, 2.24) is 9.97 Å². The van der Waals surface area contributed by atoms with Gasteiger partial charge in [0.05, 0.1) is 11.9 Å². The van der Waals surface area contributed by atoms with Gasteiger partial charge in [0.1, 0.15) is 10.8 Å². The van der Waals surface area contributed by atoms with E-state index in [1.54, 1.807) is 0 Å². The lowest BCUT2D eigenvalue weighted by Crippen LogP contribution is -2.14. The number of hydrogen-bond acceptors (Lipinski definition) is 3. The van der Waals surface area contributed by atoms with Gasteiger partial charge in [0.15, 0.2) is 5.78 Å². The number of carbonyl (C=O) groups is 1. The summed E-state index contributed by atoms with van der Waals surface area (Å²) >= 11 is 5.64. The minimum Gasteiger partial charge on any atom is -0.292 e. The highest BCUT2D eigenvalue weighted by atomic mass is 35.5. The Morgan fingerprint density at radius 1 is 1.42 bits per heavy atom. The second kappa shape index (κ2) is 2.83. The molecular formula is C8H7ClN2O. The molecule has 0 fully saturated rings. The van der Waals surface area contributed by atoms with E-state index in [2.05, 4.69) is 9.97 Å². The Hall–Kier alpha value is -0.960. The van der Waals surface area contributed by atoms with Gasteiger partial charge in [-0.1, -0.05) is 11.6 Å². The molecule has 0 aliphatic heterocycles. The van der Waals surface area contributed by atoms with E-state index in [0.717, 1.165) is 18.5 Å². The van der Waals surface area contributed by atoms with Gasteiger partial charge in [0.25, 0.3) is 0 Å². The fraction of sp³-hybridized carbons (Fsp3) is 0.375. The lowest BCUT2D eigenvalue weighted by Gasteiger charge is -2.11. The molecule has 0 amide bonds. The van der Waals surface area contributed by atoms with Gasteiger partial charge in [-0.25, -0.2) is 9.97 Å². The first kappa shape index (κ1) is 7.68. The number of nitrogens with zero attached hydrogens (tertiary/aromatic N) is 2. The number of Topliss-reactive ketones (excluding diaryl/α,β-unsaturated/α-hetero) is 1. The van der Waals surface area contributed by atoms with Crippen LogP contribution in [0.25, 0.3) is 0 Å². The number of aromatic nitrogens is 2. The first-order valence-electron chi connectivity index (χ1n) is 3.82. The zero-order valence-electron chi connectivity index (χ0n) is 6.38. The minimum absolute atomic E-state index is 0.0837. The van der Waals surface area contributed by atoms with Crippen LogP contribution in [0.3, 0.4) is 0 Å². The van der Waals surface area contributed by atoms with Crippen LogP contribution < -0.4 is 0 Å². The second-order valence-electron chi connectivity index (χ2n) is 2.76.